The zero-order valence-corrected chi connectivity index (χ0v) is 10.8. The fraction of sp³-hybridized carbons (Fsp3) is 0.600. The Morgan fingerprint density at radius 3 is 3.00 bits per heavy atom. The van der Waals surface area contributed by atoms with Crippen LogP contribution in [0.5, 0.6) is 5.75 Å². The summed E-state index contributed by atoms with van der Waals surface area (Å²) in [6.45, 7) is 4.99. The summed E-state index contributed by atoms with van der Waals surface area (Å²) in [5, 5.41) is 9.74. The zero-order chi connectivity index (χ0) is 12.3. The van der Waals surface area contributed by atoms with E-state index in [-0.39, 0.29) is 6.10 Å². The van der Waals surface area contributed by atoms with Crippen LogP contribution in [0.1, 0.15) is 37.8 Å². The highest BCUT2D eigenvalue weighted by atomic mass is 16.5. The second-order valence-corrected chi connectivity index (χ2v) is 5.03. The number of aliphatic hydroxyl groups excluding tert-OH is 1. The number of hydrogen-bond donors (Lipinski definition) is 1. The molecule has 0 aromatic heterocycles. The number of aryl methyl sites for hydroxylation is 1. The fourth-order valence-electron chi connectivity index (χ4n) is 2.38. The molecule has 2 nitrogen and oxygen atoms in total. The lowest BCUT2D eigenvalue weighted by atomic mass is 9.94. The lowest BCUT2D eigenvalue weighted by Crippen LogP contribution is -2.16. The van der Waals surface area contributed by atoms with Crippen molar-refractivity contribution in [1.82, 2.24) is 0 Å². The molecule has 0 radical (unpaired) electrons. The van der Waals surface area contributed by atoms with Crippen LogP contribution in [0, 0.1) is 5.92 Å². The van der Waals surface area contributed by atoms with Crippen LogP contribution in [-0.2, 0) is 12.8 Å². The molecule has 0 amide bonds. The van der Waals surface area contributed by atoms with Gasteiger partial charge in [0.2, 0.25) is 0 Å². The van der Waals surface area contributed by atoms with Crippen LogP contribution in [0.3, 0.4) is 0 Å². The molecule has 1 aliphatic rings. The van der Waals surface area contributed by atoms with Gasteiger partial charge in [0.05, 0.1) is 12.7 Å². The molecule has 0 saturated heterocycles. The monoisotopic (exact) mass is 234 g/mol. The third-order valence-corrected chi connectivity index (χ3v) is 3.72. The molecule has 1 aliphatic heterocycles. The molecule has 0 saturated carbocycles. The van der Waals surface area contributed by atoms with Gasteiger partial charge >= 0.3 is 0 Å². The Labute approximate surface area is 104 Å². The van der Waals surface area contributed by atoms with Crippen molar-refractivity contribution >= 4 is 0 Å². The predicted molar refractivity (Wildman–Crippen MR) is 69.4 cm³/mol. The zero-order valence-electron chi connectivity index (χ0n) is 10.8. The normalized spacial score (nSPS) is 17.4. The summed E-state index contributed by atoms with van der Waals surface area (Å²) in [6.07, 6.45) is 3.82. The minimum Gasteiger partial charge on any atom is -0.493 e. The molecule has 1 aromatic rings. The average Bonchev–Trinajstić information content (AvgIpc) is 2.82. The number of ether oxygens (including phenoxy) is 1. The number of hydrogen-bond acceptors (Lipinski definition) is 2. The third-order valence-electron chi connectivity index (χ3n) is 3.72. The Kier molecular flexibility index (Phi) is 4.06. The largest absolute Gasteiger partial charge is 0.493 e. The van der Waals surface area contributed by atoms with Crippen LogP contribution >= 0.6 is 0 Å². The average molecular weight is 234 g/mol. The molecule has 1 heterocycles. The third kappa shape index (κ3) is 3.01. The lowest BCUT2D eigenvalue weighted by Gasteiger charge is -2.17. The van der Waals surface area contributed by atoms with Crippen LogP contribution in [0.25, 0.3) is 0 Å². The molecule has 2 rings (SSSR count). The topological polar surface area (TPSA) is 29.5 Å². The quantitative estimate of drug-likeness (QED) is 0.848. The van der Waals surface area contributed by atoms with Gasteiger partial charge in [-0.05, 0) is 42.4 Å². The Hall–Kier alpha value is -1.02. The summed E-state index contributed by atoms with van der Waals surface area (Å²) in [5.74, 6) is 1.43. The van der Waals surface area contributed by atoms with Gasteiger partial charge in [-0.15, -0.1) is 0 Å². The van der Waals surface area contributed by atoms with Gasteiger partial charge in [0.25, 0.3) is 0 Å². The molecule has 94 valence electrons. The Morgan fingerprint density at radius 2 is 2.24 bits per heavy atom. The number of benzene rings is 1. The molecule has 0 spiro atoms. The second-order valence-electron chi connectivity index (χ2n) is 5.03. The van der Waals surface area contributed by atoms with Crippen molar-refractivity contribution in [1.29, 1.82) is 0 Å². The summed E-state index contributed by atoms with van der Waals surface area (Å²) in [5.41, 5.74) is 2.70. The number of aliphatic hydroxyl groups is 1. The predicted octanol–water partition coefficient (Wildman–Crippen LogP) is 2.96. The molecule has 17 heavy (non-hydrogen) atoms. The lowest BCUT2D eigenvalue weighted by molar-refractivity contribution is 0.108. The summed E-state index contributed by atoms with van der Waals surface area (Å²) < 4.78 is 5.49. The minimum absolute atomic E-state index is 0.159. The van der Waals surface area contributed by atoms with E-state index in [1.807, 2.05) is 6.92 Å². The molecule has 1 aromatic carbocycles. The van der Waals surface area contributed by atoms with Gasteiger partial charge in [-0.1, -0.05) is 26.0 Å². The molecule has 0 fully saturated rings. The van der Waals surface area contributed by atoms with Gasteiger partial charge in [0, 0.05) is 6.42 Å². The van der Waals surface area contributed by atoms with E-state index in [0.717, 1.165) is 38.0 Å². The highest BCUT2D eigenvalue weighted by Crippen LogP contribution is 2.27. The molecular formula is C15H22O2. The maximum Gasteiger partial charge on any atom is 0.122 e. The van der Waals surface area contributed by atoms with E-state index in [4.69, 9.17) is 4.74 Å². The van der Waals surface area contributed by atoms with Crippen LogP contribution in [0.2, 0.25) is 0 Å². The van der Waals surface area contributed by atoms with Gasteiger partial charge in [0.1, 0.15) is 5.75 Å². The van der Waals surface area contributed by atoms with Crippen molar-refractivity contribution in [2.24, 2.45) is 5.92 Å². The molecule has 0 bridgehead atoms. The molecule has 0 aliphatic carbocycles. The SMILES string of the molecule is CCC(O)C(C)CCc1ccc2c(c1)CCO2. The highest BCUT2D eigenvalue weighted by molar-refractivity contribution is 5.39. The first-order chi connectivity index (χ1) is 8.20. The van der Waals surface area contributed by atoms with Crippen molar-refractivity contribution in [2.75, 3.05) is 6.61 Å². The number of rotatable bonds is 5. The molecule has 1 N–H and O–H groups in total. The first kappa shape index (κ1) is 12.4. The molecule has 2 heteroatoms. The fourth-order valence-corrected chi connectivity index (χ4v) is 2.38. The van der Waals surface area contributed by atoms with Gasteiger partial charge in [0.15, 0.2) is 0 Å². The van der Waals surface area contributed by atoms with E-state index in [1.54, 1.807) is 0 Å². The molecular weight excluding hydrogens is 212 g/mol. The van der Waals surface area contributed by atoms with Crippen molar-refractivity contribution < 1.29 is 9.84 Å². The maximum absolute atomic E-state index is 9.74. The van der Waals surface area contributed by atoms with Gasteiger partial charge in [-0.2, -0.15) is 0 Å². The Bertz CT molecular complexity index is 373. The smallest absolute Gasteiger partial charge is 0.122 e. The van der Waals surface area contributed by atoms with E-state index in [1.165, 1.54) is 11.1 Å². The highest BCUT2D eigenvalue weighted by Gasteiger charge is 2.14. The summed E-state index contributed by atoms with van der Waals surface area (Å²) >= 11 is 0. The standard InChI is InChI=1S/C15H22O2/c1-3-14(16)11(2)4-5-12-6-7-15-13(10-12)8-9-17-15/h6-7,10-11,14,16H,3-5,8-9H2,1-2H3. The summed E-state index contributed by atoms with van der Waals surface area (Å²) in [6, 6.07) is 6.49. The Morgan fingerprint density at radius 1 is 1.41 bits per heavy atom. The van der Waals surface area contributed by atoms with Gasteiger partial charge in [-0.3, -0.25) is 0 Å². The van der Waals surface area contributed by atoms with Gasteiger partial charge < -0.3 is 9.84 Å². The molecule has 2 atom stereocenters. The first-order valence-corrected chi connectivity index (χ1v) is 6.63. The van der Waals surface area contributed by atoms with Crippen molar-refractivity contribution in [3.63, 3.8) is 0 Å². The maximum atomic E-state index is 9.74. The second kappa shape index (κ2) is 5.54. The van der Waals surface area contributed by atoms with E-state index in [0.29, 0.717) is 5.92 Å². The van der Waals surface area contributed by atoms with Crippen LogP contribution in [-0.4, -0.2) is 17.8 Å². The van der Waals surface area contributed by atoms with Crippen LogP contribution in [0.4, 0.5) is 0 Å². The van der Waals surface area contributed by atoms with E-state index in [9.17, 15) is 5.11 Å². The first-order valence-electron chi connectivity index (χ1n) is 6.63. The van der Waals surface area contributed by atoms with Crippen LogP contribution < -0.4 is 4.74 Å². The van der Waals surface area contributed by atoms with Crippen molar-refractivity contribution in [2.45, 2.75) is 45.6 Å². The van der Waals surface area contributed by atoms with Crippen molar-refractivity contribution in [3.05, 3.63) is 29.3 Å². The van der Waals surface area contributed by atoms with Crippen LogP contribution in [0.15, 0.2) is 18.2 Å². The Balaban J connectivity index is 1.91. The van der Waals surface area contributed by atoms with E-state index < -0.39 is 0 Å². The van der Waals surface area contributed by atoms with E-state index >= 15 is 0 Å². The number of fused-ring (bicyclic) bond motifs is 1. The van der Waals surface area contributed by atoms with E-state index in [2.05, 4.69) is 25.1 Å². The van der Waals surface area contributed by atoms with Gasteiger partial charge in [-0.25, -0.2) is 0 Å². The molecule has 2 unspecified atom stereocenters. The van der Waals surface area contributed by atoms with Crippen molar-refractivity contribution in [3.8, 4) is 5.75 Å². The summed E-state index contributed by atoms with van der Waals surface area (Å²) in [7, 11) is 0. The minimum atomic E-state index is -0.159. The summed E-state index contributed by atoms with van der Waals surface area (Å²) in [4.78, 5) is 0.